The third-order valence-corrected chi connectivity index (χ3v) is 4.51. The number of benzene rings is 1. The van der Waals surface area contributed by atoms with Gasteiger partial charge >= 0.3 is 0 Å². The average Bonchev–Trinajstić information content (AvgIpc) is 3.23. The molecular weight excluding hydrogens is 288 g/mol. The maximum absolute atomic E-state index is 5.64. The van der Waals surface area contributed by atoms with Crippen LogP contribution in [0.1, 0.15) is 36.0 Å². The van der Waals surface area contributed by atoms with E-state index in [9.17, 15) is 0 Å². The quantitative estimate of drug-likeness (QED) is 0.848. The second-order valence-electron chi connectivity index (χ2n) is 6.14. The van der Waals surface area contributed by atoms with Gasteiger partial charge in [0.1, 0.15) is 17.3 Å². The third kappa shape index (κ3) is 3.95. The van der Waals surface area contributed by atoms with Crippen molar-refractivity contribution in [2.24, 2.45) is 0 Å². The van der Waals surface area contributed by atoms with Crippen LogP contribution >= 0.6 is 0 Å². The van der Waals surface area contributed by atoms with Crippen molar-refractivity contribution in [3.8, 4) is 5.75 Å². The Kier molecular flexibility index (Phi) is 5.36. The Bertz CT molecular complexity index is 617. The number of aryl methyl sites for hydroxylation is 1. The molecule has 4 heteroatoms. The number of nitrogens with zero attached hydrogens (tertiary/aromatic N) is 1. The molecule has 0 spiro atoms. The van der Waals surface area contributed by atoms with Crippen molar-refractivity contribution in [1.82, 2.24) is 10.2 Å². The molecule has 0 bridgehead atoms. The SMILES string of the molecule is COc1ccccc1C(CNCc1ccc(C)o1)N1CCCC1. The first-order valence-electron chi connectivity index (χ1n) is 8.41. The largest absolute Gasteiger partial charge is 0.496 e. The average molecular weight is 314 g/mol. The number of hydrogen-bond donors (Lipinski definition) is 1. The van der Waals surface area contributed by atoms with Gasteiger partial charge < -0.3 is 14.5 Å². The van der Waals surface area contributed by atoms with E-state index in [0.29, 0.717) is 6.04 Å². The van der Waals surface area contributed by atoms with Crippen LogP contribution in [0.2, 0.25) is 0 Å². The molecule has 0 saturated carbocycles. The van der Waals surface area contributed by atoms with Gasteiger partial charge in [-0.05, 0) is 51.1 Å². The summed E-state index contributed by atoms with van der Waals surface area (Å²) in [5.41, 5.74) is 1.26. The highest BCUT2D eigenvalue weighted by Crippen LogP contribution is 2.31. The zero-order chi connectivity index (χ0) is 16.1. The van der Waals surface area contributed by atoms with Gasteiger partial charge in [-0.3, -0.25) is 4.90 Å². The van der Waals surface area contributed by atoms with Crippen LogP contribution in [0.15, 0.2) is 40.8 Å². The second kappa shape index (κ2) is 7.66. The lowest BCUT2D eigenvalue weighted by atomic mass is 10.0. The van der Waals surface area contributed by atoms with Crippen LogP contribution in [0.3, 0.4) is 0 Å². The zero-order valence-electron chi connectivity index (χ0n) is 14.0. The van der Waals surface area contributed by atoms with Crippen LogP contribution < -0.4 is 10.1 Å². The number of likely N-dealkylation sites (tertiary alicyclic amines) is 1. The van der Waals surface area contributed by atoms with Gasteiger partial charge in [0.25, 0.3) is 0 Å². The van der Waals surface area contributed by atoms with E-state index in [2.05, 4.69) is 22.3 Å². The Morgan fingerprint density at radius 1 is 1.17 bits per heavy atom. The maximum Gasteiger partial charge on any atom is 0.123 e. The van der Waals surface area contributed by atoms with E-state index in [1.54, 1.807) is 7.11 Å². The highest BCUT2D eigenvalue weighted by atomic mass is 16.5. The minimum atomic E-state index is 0.338. The molecule has 0 radical (unpaired) electrons. The summed E-state index contributed by atoms with van der Waals surface area (Å²) in [6.45, 7) is 5.94. The van der Waals surface area contributed by atoms with Gasteiger partial charge in [0, 0.05) is 12.1 Å². The fourth-order valence-electron chi connectivity index (χ4n) is 3.34. The van der Waals surface area contributed by atoms with E-state index < -0.39 is 0 Å². The predicted molar refractivity (Wildman–Crippen MR) is 91.7 cm³/mol. The van der Waals surface area contributed by atoms with E-state index in [0.717, 1.165) is 43.4 Å². The predicted octanol–water partition coefficient (Wildman–Crippen LogP) is 3.52. The molecule has 23 heavy (non-hydrogen) atoms. The highest BCUT2D eigenvalue weighted by Gasteiger charge is 2.25. The molecule has 0 amide bonds. The molecule has 1 aliphatic heterocycles. The third-order valence-electron chi connectivity index (χ3n) is 4.51. The van der Waals surface area contributed by atoms with E-state index in [1.165, 1.54) is 18.4 Å². The topological polar surface area (TPSA) is 37.6 Å². The molecule has 1 fully saturated rings. The van der Waals surface area contributed by atoms with Crippen LogP contribution in [-0.4, -0.2) is 31.6 Å². The number of para-hydroxylation sites is 1. The Morgan fingerprint density at radius 3 is 2.65 bits per heavy atom. The minimum absolute atomic E-state index is 0.338. The minimum Gasteiger partial charge on any atom is -0.496 e. The van der Waals surface area contributed by atoms with E-state index >= 15 is 0 Å². The summed E-state index contributed by atoms with van der Waals surface area (Å²) < 4.78 is 11.2. The molecule has 1 aromatic carbocycles. The molecule has 124 valence electrons. The summed E-state index contributed by atoms with van der Waals surface area (Å²) in [7, 11) is 1.75. The Morgan fingerprint density at radius 2 is 1.96 bits per heavy atom. The van der Waals surface area contributed by atoms with Crippen LogP contribution in [0.4, 0.5) is 0 Å². The molecule has 1 atom stereocenters. The fraction of sp³-hybridized carbons (Fsp3) is 0.474. The molecule has 1 aromatic heterocycles. The Balaban J connectivity index is 1.70. The first kappa shape index (κ1) is 16.1. The van der Waals surface area contributed by atoms with Crippen LogP contribution in [0.5, 0.6) is 5.75 Å². The van der Waals surface area contributed by atoms with Gasteiger partial charge in [-0.2, -0.15) is 0 Å². The summed E-state index contributed by atoms with van der Waals surface area (Å²) in [5.74, 6) is 2.92. The summed E-state index contributed by atoms with van der Waals surface area (Å²) in [4.78, 5) is 2.55. The van der Waals surface area contributed by atoms with Crippen molar-refractivity contribution in [1.29, 1.82) is 0 Å². The highest BCUT2D eigenvalue weighted by molar-refractivity contribution is 5.36. The molecule has 1 aliphatic rings. The van der Waals surface area contributed by atoms with Gasteiger partial charge in [-0.1, -0.05) is 18.2 Å². The molecule has 2 heterocycles. The summed E-state index contributed by atoms with van der Waals surface area (Å²) in [6, 6.07) is 12.7. The summed E-state index contributed by atoms with van der Waals surface area (Å²) >= 11 is 0. The van der Waals surface area contributed by atoms with Gasteiger partial charge in [-0.25, -0.2) is 0 Å². The Labute approximate surface area is 138 Å². The van der Waals surface area contributed by atoms with E-state index in [1.807, 2.05) is 31.2 Å². The van der Waals surface area contributed by atoms with Crippen LogP contribution in [0.25, 0.3) is 0 Å². The maximum atomic E-state index is 5.64. The molecule has 3 rings (SSSR count). The van der Waals surface area contributed by atoms with E-state index in [-0.39, 0.29) is 0 Å². The van der Waals surface area contributed by atoms with Crippen LogP contribution in [0, 0.1) is 6.92 Å². The van der Waals surface area contributed by atoms with Crippen molar-refractivity contribution >= 4 is 0 Å². The van der Waals surface area contributed by atoms with Gasteiger partial charge in [-0.15, -0.1) is 0 Å². The first-order valence-corrected chi connectivity index (χ1v) is 8.41. The molecule has 4 nitrogen and oxygen atoms in total. The lowest BCUT2D eigenvalue weighted by Gasteiger charge is -2.29. The normalized spacial score (nSPS) is 16.6. The molecule has 2 aromatic rings. The van der Waals surface area contributed by atoms with E-state index in [4.69, 9.17) is 9.15 Å². The van der Waals surface area contributed by atoms with Gasteiger partial charge in [0.2, 0.25) is 0 Å². The van der Waals surface area contributed by atoms with Crippen molar-refractivity contribution in [2.45, 2.75) is 32.4 Å². The number of furan rings is 1. The molecule has 1 saturated heterocycles. The molecule has 1 N–H and O–H groups in total. The molecule has 0 aliphatic carbocycles. The van der Waals surface area contributed by atoms with Crippen molar-refractivity contribution in [3.63, 3.8) is 0 Å². The zero-order valence-corrected chi connectivity index (χ0v) is 14.0. The number of rotatable bonds is 7. The summed E-state index contributed by atoms with van der Waals surface area (Å²) in [5, 5.41) is 3.55. The van der Waals surface area contributed by atoms with Crippen LogP contribution in [-0.2, 0) is 6.54 Å². The van der Waals surface area contributed by atoms with Gasteiger partial charge in [0.05, 0.1) is 19.7 Å². The lowest BCUT2D eigenvalue weighted by Crippen LogP contribution is -2.34. The molecular formula is C19H26N2O2. The smallest absolute Gasteiger partial charge is 0.123 e. The van der Waals surface area contributed by atoms with Crippen molar-refractivity contribution < 1.29 is 9.15 Å². The number of nitrogens with one attached hydrogen (secondary N) is 1. The first-order chi connectivity index (χ1) is 11.3. The monoisotopic (exact) mass is 314 g/mol. The number of ether oxygens (including phenoxy) is 1. The molecule has 1 unspecified atom stereocenters. The number of methoxy groups -OCH3 is 1. The standard InChI is InChI=1S/C19H26N2O2/c1-15-9-10-16(23-15)13-20-14-18(21-11-5-6-12-21)17-7-3-4-8-19(17)22-2/h3-4,7-10,18,20H,5-6,11-14H2,1-2H3. The second-order valence-corrected chi connectivity index (χ2v) is 6.14. The Hall–Kier alpha value is -1.78. The van der Waals surface area contributed by atoms with Crippen molar-refractivity contribution in [2.75, 3.05) is 26.7 Å². The lowest BCUT2D eigenvalue weighted by molar-refractivity contribution is 0.231. The van der Waals surface area contributed by atoms with Gasteiger partial charge in [0.15, 0.2) is 0 Å². The summed E-state index contributed by atoms with van der Waals surface area (Å²) in [6.07, 6.45) is 2.56. The van der Waals surface area contributed by atoms with Crippen molar-refractivity contribution in [3.05, 3.63) is 53.5 Å². The fourth-order valence-corrected chi connectivity index (χ4v) is 3.34. The number of hydrogen-bond acceptors (Lipinski definition) is 4.